The summed E-state index contributed by atoms with van der Waals surface area (Å²) in [5.41, 5.74) is 6.47. The van der Waals surface area contributed by atoms with E-state index in [9.17, 15) is 9.18 Å². The average molecular weight is 381 g/mol. The van der Waals surface area contributed by atoms with Gasteiger partial charge < -0.3 is 15.2 Å². The minimum Gasteiger partial charge on any atom is -0.436 e. The summed E-state index contributed by atoms with van der Waals surface area (Å²) in [7, 11) is 0. The molecule has 9 heteroatoms. The second kappa shape index (κ2) is 7.10. The van der Waals surface area contributed by atoms with Crippen LogP contribution >= 0.6 is 0 Å². The van der Waals surface area contributed by atoms with Gasteiger partial charge in [0, 0.05) is 23.9 Å². The number of ether oxygens (including phenoxy) is 2. The molecule has 0 saturated carbocycles. The van der Waals surface area contributed by atoms with Crippen molar-refractivity contribution in [3.8, 4) is 17.4 Å². The van der Waals surface area contributed by atoms with E-state index in [2.05, 4.69) is 15.2 Å². The molecular weight excluding hydrogens is 365 g/mol. The predicted molar refractivity (Wildman–Crippen MR) is 97.1 cm³/mol. The lowest BCUT2D eigenvalue weighted by molar-refractivity contribution is 0.114. The van der Waals surface area contributed by atoms with Crippen molar-refractivity contribution in [2.24, 2.45) is 0 Å². The summed E-state index contributed by atoms with van der Waals surface area (Å²) in [4.78, 5) is 18.2. The smallest absolute Gasteiger partial charge is 0.416 e. The number of rotatable bonds is 4. The molecule has 0 spiro atoms. The van der Waals surface area contributed by atoms with Gasteiger partial charge in [-0.25, -0.2) is 9.18 Å². The Morgan fingerprint density at radius 2 is 2.18 bits per heavy atom. The van der Waals surface area contributed by atoms with Gasteiger partial charge in [-0.15, -0.1) is 5.10 Å². The number of aromatic nitrogens is 3. The Labute approximate surface area is 159 Å². The molecule has 3 heterocycles. The van der Waals surface area contributed by atoms with Gasteiger partial charge in [0.2, 0.25) is 5.88 Å². The van der Waals surface area contributed by atoms with Gasteiger partial charge in [-0.05, 0) is 19.1 Å². The normalized spacial score (nSPS) is 15.7. The van der Waals surface area contributed by atoms with Crippen molar-refractivity contribution in [2.75, 3.05) is 5.73 Å². The van der Waals surface area contributed by atoms with Gasteiger partial charge in [0.05, 0.1) is 24.5 Å². The summed E-state index contributed by atoms with van der Waals surface area (Å²) < 4.78 is 25.2. The lowest BCUT2D eigenvalue weighted by Crippen LogP contribution is -2.39. The van der Waals surface area contributed by atoms with Gasteiger partial charge in [0.25, 0.3) is 0 Å². The molecule has 1 aliphatic rings. The molecule has 3 aromatic rings. The molecule has 1 atom stereocenters. The maximum atomic E-state index is 14.2. The highest BCUT2D eigenvalue weighted by molar-refractivity contribution is 5.74. The monoisotopic (exact) mass is 381 g/mol. The minimum atomic E-state index is -0.611. The van der Waals surface area contributed by atoms with Crippen LogP contribution in [0.2, 0.25) is 0 Å². The Hall–Kier alpha value is -3.75. The molecule has 8 nitrogen and oxygen atoms in total. The van der Waals surface area contributed by atoms with Crippen LogP contribution in [-0.2, 0) is 6.54 Å². The number of nitrogens with zero attached hydrogens (tertiary/aromatic N) is 4. The molecule has 0 bridgehead atoms. The van der Waals surface area contributed by atoms with E-state index in [4.69, 9.17) is 15.2 Å². The van der Waals surface area contributed by atoms with E-state index < -0.39 is 18.0 Å². The number of fused-ring (bicyclic) bond motifs is 1. The number of anilines is 1. The highest BCUT2D eigenvalue weighted by atomic mass is 19.1. The van der Waals surface area contributed by atoms with Crippen LogP contribution in [0.25, 0.3) is 0 Å². The van der Waals surface area contributed by atoms with Gasteiger partial charge in [0.15, 0.2) is 17.3 Å². The van der Waals surface area contributed by atoms with Crippen molar-refractivity contribution < 1.29 is 18.7 Å². The van der Waals surface area contributed by atoms with Crippen molar-refractivity contribution in [3.63, 3.8) is 0 Å². The van der Waals surface area contributed by atoms with Crippen LogP contribution in [0.4, 0.5) is 14.9 Å². The molecule has 0 radical (unpaired) electrons. The molecule has 1 unspecified atom stereocenters. The van der Waals surface area contributed by atoms with Crippen LogP contribution < -0.4 is 15.2 Å². The van der Waals surface area contributed by atoms with Gasteiger partial charge >= 0.3 is 6.09 Å². The van der Waals surface area contributed by atoms with E-state index >= 15 is 0 Å². The Balaban J connectivity index is 1.58. The van der Waals surface area contributed by atoms with E-state index in [0.717, 1.165) is 0 Å². The molecule has 142 valence electrons. The first-order valence-electron chi connectivity index (χ1n) is 8.49. The lowest BCUT2D eigenvalue weighted by Gasteiger charge is -2.33. The molecule has 0 fully saturated rings. The molecular formula is C19H16FN5O3. The van der Waals surface area contributed by atoms with Crippen molar-refractivity contribution in [1.82, 2.24) is 20.1 Å². The van der Waals surface area contributed by atoms with Gasteiger partial charge in [-0.1, -0.05) is 12.1 Å². The topological polar surface area (TPSA) is 103 Å². The van der Waals surface area contributed by atoms with Crippen LogP contribution in [0.5, 0.6) is 17.4 Å². The summed E-state index contributed by atoms with van der Waals surface area (Å²) in [6.07, 6.45) is 2.42. The Morgan fingerprint density at radius 1 is 1.32 bits per heavy atom. The summed E-state index contributed by atoms with van der Waals surface area (Å²) >= 11 is 0. The summed E-state index contributed by atoms with van der Waals surface area (Å²) in [5.74, 6) is 0.380. The molecule has 2 aromatic heterocycles. The first kappa shape index (κ1) is 17.7. The number of pyridine rings is 1. The summed E-state index contributed by atoms with van der Waals surface area (Å²) in [6.45, 7) is 1.80. The standard InChI is InChI=1S/C19H16FN5O3/c1-11-18-15(8-13(9-22-18)27-16-6-3-7-23-24-16)28-19(26)25(11)10-12-4-2-5-14(21)17(12)20/h2-9,11H,10,21H2,1H3. The molecule has 4 rings (SSSR count). The number of hydrogen-bond donors (Lipinski definition) is 1. The van der Waals surface area contributed by atoms with E-state index in [1.807, 2.05) is 0 Å². The fraction of sp³-hybridized carbons (Fsp3) is 0.158. The number of halogens is 1. The van der Waals surface area contributed by atoms with E-state index in [-0.39, 0.29) is 18.0 Å². The fourth-order valence-electron chi connectivity index (χ4n) is 2.92. The molecule has 28 heavy (non-hydrogen) atoms. The molecule has 2 N–H and O–H groups in total. The van der Waals surface area contributed by atoms with Crippen LogP contribution in [0.15, 0.2) is 48.8 Å². The number of carbonyl (C=O) groups is 1. The lowest BCUT2D eigenvalue weighted by atomic mass is 10.1. The quantitative estimate of drug-likeness (QED) is 0.690. The van der Waals surface area contributed by atoms with Gasteiger partial charge in [-0.2, -0.15) is 5.10 Å². The SMILES string of the molecule is CC1c2ncc(Oc3cccnn3)cc2OC(=O)N1Cc1cccc(N)c1F. The second-order valence-corrected chi connectivity index (χ2v) is 6.21. The predicted octanol–water partition coefficient (Wildman–Crippen LogP) is 3.46. The number of hydrogen-bond acceptors (Lipinski definition) is 7. The average Bonchev–Trinajstić information content (AvgIpc) is 2.69. The van der Waals surface area contributed by atoms with Crippen LogP contribution in [0.3, 0.4) is 0 Å². The van der Waals surface area contributed by atoms with Gasteiger partial charge in [0.1, 0.15) is 5.69 Å². The molecule has 1 aromatic carbocycles. The molecule has 0 saturated heterocycles. The number of nitrogen functional groups attached to an aromatic ring is 1. The largest absolute Gasteiger partial charge is 0.436 e. The van der Waals surface area contributed by atoms with Crippen LogP contribution in [0.1, 0.15) is 24.2 Å². The highest BCUT2D eigenvalue weighted by Crippen LogP contribution is 2.37. The molecule has 0 aliphatic carbocycles. The van der Waals surface area contributed by atoms with Crippen molar-refractivity contribution >= 4 is 11.8 Å². The zero-order chi connectivity index (χ0) is 19.7. The van der Waals surface area contributed by atoms with Gasteiger partial charge in [-0.3, -0.25) is 9.88 Å². The first-order valence-corrected chi connectivity index (χ1v) is 8.49. The number of carbonyl (C=O) groups excluding carboxylic acids is 1. The third-order valence-electron chi connectivity index (χ3n) is 4.37. The number of amides is 1. The van der Waals surface area contributed by atoms with E-state index in [1.165, 1.54) is 23.4 Å². The second-order valence-electron chi connectivity index (χ2n) is 6.21. The zero-order valence-electron chi connectivity index (χ0n) is 14.9. The minimum absolute atomic E-state index is 0.00977. The molecule has 1 amide bonds. The maximum Gasteiger partial charge on any atom is 0.416 e. The van der Waals surface area contributed by atoms with Crippen LogP contribution in [-0.4, -0.2) is 26.2 Å². The molecule has 1 aliphatic heterocycles. The van der Waals surface area contributed by atoms with Crippen molar-refractivity contribution in [3.05, 3.63) is 65.9 Å². The Morgan fingerprint density at radius 3 is 2.96 bits per heavy atom. The van der Waals surface area contributed by atoms with Crippen molar-refractivity contribution in [2.45, 2.75) is 19.5 Å². The Bertz CT molecular complexity index is 1030. The number of benzene rings is 1. The summed E-state index contributed by atoms with van der Waals surface area (Å²) in [5, 5.41) is 7.56. The summed E-state index contributed by atoms with van der Waals surface area (Å²) in [6, 6.07) is 9.13. The number of nitrogens with two attached hydrogens (primary N) is 1. The van der Waals surface area contributed by atoms with E-state index in [1.54, 1.807) is 37.3 Å². The van der Waals surface area contributed by atoms with Crippen LogP contribution in [0, 0.1) is 5.82 Å². The first-order chi connectivity index (χ1) is 13.5. The maximum absolute atomic E-state index is 14.2. The fourth-order valence-corrected chi connectivity index (χ4v) is 2.92. The highest BCUT2D eigenvalue weighted by Gasteiger charge is 2.33. The van der Waals surface area contributed by atoms with E-state index in [0.29, 0.717) is 22.9 Å². The van der Waals surface area contributed by atoms with Crippen molar-refractivity contribution in [1.29, 1.82) is 0 Å². The third kappa shape index (κ3) is 3.29. The third-order valence-corrected chi connectivity index (χ3v) is 4.37. The Kier molecular flexibility index (Phi) is 4.48. The zero-order valence-corrected chi connectivity index (χ0v) is 14.9.